The van der Waals surface area contributed by atoms with E-state index >= 15 is 0 Å². The van der Waals surface area contributed by atoms with Gasteiger partial charge in [-0.1, -0.05) is 41.8 Å². The first kappa shape index (κ1) is 14.8. The highest BCUT2D eigenvalue weighted by atomic mass is 16.5. The van der Waals surface area contributed by atoms with Crippen LogP contribution in [-0.4, -0.2) is 18.1 Å². The van der Waals surface area contributed by atoms with E-state index in [0.29, 0.717) is 11.3 Å². The van der Waals surface area contributed by atoms with Crippen LogP contribution in [0, 0.1) is 18.8 Å². The first-order valence-electron chi connectivity index (χ1n) is 7.24. The number of benzene rings is 2. The third-order valence-electron chi connectivity index (χ3n) is 3.51. The summed E-state index contributed by atoms with van der Waals surface area (Å²) in [6.07, 6.45) is 0. The number of esters is 1. The highest BCUT2D eigenvalue weighted by Gasteiger charge is 2.13. The molecule has 0 radical (unpaired) electrons. The van der Waals surface area contributed by atoms with Crippen LogP contribution in [0.5, 0.6) is 0 Å². The van der Waals surface area contributed by atoms with Crippen LogP contribution < -0.4 is 0 Å². The summed E-state index contributed by atoms with van der Waals surface area (Å²) in [5.41, 5.74) is 3.66. The summed E-state index contributed by atoms with van der Waals surface area (Å²) >= 11 is 0. The number of carbonyl (C=O) groups is 1. The predicted molar refractivity (Wildman–Crippen MR) is 90.2 cm³/mol. The Hall–Kier alpha value is -3.12. The Morgan fingerprint density at radius 2 is 1.78 bits per heavy atom. The molecule has 0 saturated carbocycles. The Morgan fingerprint density at radius 1 is 1.04 bits per heavy atom. The number of para-hydroxylation sites is 1. The average Bonchev–Trinajstić information content (AvgIpc) is 2.59. The number of hydrogen-bond donors (Lipinski definition) is 0. The van der Waals surface area contributed by atoms with Crippen molar-refractivity contribution in [2.75, 3.05) is 7.11 Å². The van der Waals surface area contributed by atoms with Crippen molar-refractivity contribution >= 4 is 16.9 Å². The van der Waals surface area contributed by atoms with Gasteiger partial charge in [0.15, 0.2) is 0 Å². The molecule has 0 aliphatic heterocycles. The number of rotatable bonds is 1. The maximum atomic E-state index is 12.0. The zero-order valence-corrected chi connectivity index (χ0v) is 13.0. The first-order chi connectivity index (χ1) is 11.2. The van der Waals surface area contributed by atoms with E-state index in [2.05, 4.69) is 16.8 Å². The molecule has 3 nitrogen and oxygen atoms in total. The largest absolute Gasteiger partial charge is 0.465 e. The van der Waals surface area contributed by atoms with E-state index in [9.17, 15) is 4.79 Å². The van der Waals surface area contributed by atoms with Gasteiger partial charge >= 0.3 is 5.97 Å². The number of fused-ring (bicyclic) bond motifs is 1. The molecule has 0 saturated heterocycles. The summed E-state index contributed by atoms with van der Waals surface area (Å²) < 4.78 is 4.85. The number of aromatic nitrogens is 1. The van der Waals surface area contributed by atoms with Crippen molar-refractivity contribution < 1.29 is 9.53 Å². The minimum Gasteiger partial charge on any atom is -0.465 e. The molecule has 3 rings (SSSR count). The molecule has 0 atom stereocenters. The van der Waals surface area contributed by atoms with Gasteiger partial charge in [0.05, 0.1) is 18.2 Å². The van der Waals surface area contributed by atoms with Crippen LogP contribution in [0.25, 0.3) is 10.9 Å². The SMILES string of the molecule is COC(=O)c1cc2ccccc2nc1C#Cc1ccc(C)cc1. The molecule has 0 N–H and O–H groups in total. The highest BCUT2D eigenvalue weighted by Crippen LogP contribution is 2.17. The molecule has 0 aliphatic carbocycles. The van der Waals surface area contributed by atoms with Gasteiger partial charge in [0.1, 0.15) is 5.69 Å². The Labute approximate surface area is 134 Å². The van der Waals surface area contributed by atoms with Crippen molar-refractivity contribution in [3.63, 3.8) is 0 Å². The number of hydrogen-bond acceptors (Lipinski definition) is 3. The Kier molecular flexibility index (Phi) is 4.07. The highest BCUT2D eigenvalue weighted by molar-refractivity contribution is 5.96. The van der Waals surface area contributed by atoms with E-state index < -0.39 is 5.97 Å². The molecule has 0 spiro atoms. The number of methoxy groups -OCH3 is 1. The average molecular weight is 301 g/mol. The van der Waals surface area contributed by atoms with E-state index in [1.54, 1.807) is 6.07 Å². The fourth-order valence-electron chi connectivity index (χ4n) is 2.25. The van der Waals surface area contributed by atoms with E-state index in [4.69, 9.17) is 4.74 Å². The summed E-state index contributed by atoms with van der Waals surface area (Å²) in [5, 5.41) is 0.883. The molecule has 3 heteroatoms. The van der Waals surface area contributed by atoms with Crippen molar-refractivity contribution in [3.05, 3.63) is 77.0 Å². The lowest BCUT2D eigenvalue weighted by Crippen LogP contribution is -2.06. The number of ether oxygens (including phenoxy) is 1. The first-order valence-corrected chi connectivity index (χ1v) is 7.24. The second-order valence-electron chi connectivity index (χ2n) is 5.18. The van der Waals surface area contributed by atoms with Gasteiger partial charge in [-0.05, 0) is 37.1 Å². The van der Waals surface area contributed by atoms with Gasteiger partial charge in [-0.15, -0.1) is 0 Å². The molecule has 0 amide bonds. The van der Waals surface area contributed by atoms with Gasteiger partial charge in [0, 0.05) is 10.9 Å². The van der Waals surface area contributed by atoms with Crippen molar-refractivity contribution in [2.45, 2.75) is 6.92 Å². The lowest BCUT2D eigenvalue weighted by atomic mass is 10.1. The summed E-state index contributed by atoms with van der Waals surface area (Å²) in [4.78, 5) is 16.5. The maximum absolute atomic E-state index is 12.0. The quantitative estimate of drug-likeness (QED) is 0.508. The number of nitrogens with zero attached hydrogens (tertiary/aromatic N) is 1. The lowest BCUT2D eigenvalue weighted by Gasteiger charge is -2.04. The summed E-state index contributed by atoms with van der Waals surface area (Å²) in [6.45, 7) is 2.03. The Morgan fingerprint density at radius 3 is 2.52 bits per heavy atom. The van der Waals surface area contributed by atoms with E-state index in [1.807, 2.05) is 55.5 Å². The molecule has 23 heavy (non-hydrogen) atoms. The summed E-state index contributed by atoms with van der Waals surface area (Å²) in [6, 6.07) is 17.3. The lowest BCUT2D eigenvalue weighted by molar-refractivity contribution is 0.0600. The molecular weight excluding hydrogens is 286 g/mol. The third-order valence-corrected chi connectivity index (χ3v) is 3.51. The molecule has 0 bridgehead atoms. The zero-order chi connectivity index (χ0) is 16.2. The third kappa shape index (κ3) is 3.22. The normalized spacial score (nSPS) is 10.0. The molecule has 0 fully saturated rings. The standard InChI is InChI=1S/C20H15NO2/c1-14-7-9-15(10-8-14)11-12-19-17(20(22)23-2)13-16-5-3-4-6-18(16)21-19/h3-10,13H,1-2H3. The van der Waals surface area contributed by atoms with Gasteiger partial charge in [-0.25, -0.2) is 9.78 Å². The Balaban J connectivity index is 2.11. The minimum atomic E-state index is -0.434. The van der Waals surface area contributed by atoms with Crippen molar-refractivity contribution in [3.8, 4) is 11.8 Å². The fourth-order valence-corrected chi connectivity index (χ4v) is 2.25. The Bertz CT molecular complexity index is 931. The van der Waals surface area contributed by atoms with E-state index in [0.717, 1.165) is 16.5 Å². The number of pyridine rings is 1. The van der Waals surface area contributed by atoms with Gasteiger partial charge in [-0.2, -0.15) is 0 Å². The van der Waals surface area contributed by atoms with Crippen LogP contribution in [0.3, 0.4) is 0 Å². The molecule has 112 valence electrons. The van der Waals surface area contributed by atoms with Crippen molar-refractivity contribution in [1.82, 2.24) is 4.98 Å². The summed E-state index contributed by atoms with van der Waals surface area (Å²) in [7, 11) is 1.36. The van der Waals surface area contributed by atoms with Crippen molar-refractivity contribution in [2.24, 2.45) is 0 Å². The fraction of sp³-hybridized carbons (Fsp3) is 0.100. The molecule has 1 aromatic heterocycles. The van der Waals surface area contributed by atoms with Crippen LogP contribution in [0.15, 0.2) is 54.6 Å². The van der Waals surface area contributed by atoms with Gasteiger partial charge < -0.3 is 4.74 Å². The predicted octanol–water partition coefficient (Wildman–Crippen LogP) is 3.73. The molecule has 0 unspecified atom stereocenters. The second-order valence-corrected chi connectivity index (χ2v) is 5.18. The zero-order valence-electron chi connectivity index (χ0n) is 13.0. The van der Waals surface area contributed by atoms with Crippen LogP contribution >= 0.6 is 0 Å². The summed E-state index contributed by atoms with van der Waals surface area (Å²) in [5.74, 6) is 5.61. The molecule has 2 aromatic carbocycles. The molecular formula is C20H15NO2. The van der Waals surface area contributed by atoms with Crippen LogP contribution in [0.1, 0.15) is 27.2 Å². The van der Waals surface area contributed by atoms with E-state index in [-0.39, 0.29) is 0 Å². The molecule has 3 aromatic rings. The molecule has 1 heterocycles. The minimum absolute atomic E-state index is 0.380. The van der Waals surface area contributed by atoms with Crippen LogP contribution in [0.4, 0.5) is 0 Å². The van der Waals surface area contributed by atoms with Crippen LogP contribution in [-0.2, 0) is 4.74 Å². The van der Waals surface area contributed by atoms with Gasteiger partial charge in [-0.3, -0.25) is 0 Å². The number of carbonyl (C=O) groups excluding carboxylic acids is 1. The van der Waals surface area contributed by atoms with Crippen molar-refractivity contribution in [1.29, 1.82) is 0 Å². The molecule has 0 aliphatic rings. The van der Waals surface area contributed by atoms with E-state index in [1.165, 1.54) is 12.7 Å². The monoisotopic (exact) mass is 301 g/mol. The second kappa shape index (κ2) is 6.33. The maximum Gasteiger partial charge on any atom is 0.340 e. The smallest absolute Gasteiger partial charge is 0.340 e. The van der Waals surface area contributed by atoms with Gasteiger partial charge in [0.2, 0.25) is 0 Å². The van der Waals surface area contributed by atoms with Gasteiger partial charge in [0.25, 0.3) is 0 Å². The topological polar surface area (TPSA) is 39.2 Å². The number of aryl methyl sites for hydroxylation is 1. The van der Waals surface area contributed by atoms with Crippen LogP contribution in [0.2, 0.25) is 0 Å².